The van der Waals surface area contributed by atoms with Crippen molar-refractivity contribution in [2.45, 2.75) is 6.92 Å². The summed E-state index contributed by atoms with van der Waals surface area (Å²) in [6, 6.07) is 7.01. The fourth-order valence-electron chi connectivity index (χ4n) is 1.82. The molecule has 2 aromatic rings. The van der Waals surface area contributed by atoms with Crippen molar-refractivity contribution < 1.29 is 9.18 Å². The average Bonchev–Trinajstić information content (AvgIpc) is 2.41. The molecule has 0 atom stereocenters. The molecule has 0 saturated heterocycles. The molecular formula is C15H16FN3O. The van der Waals surface area contributed by atoms with Crippen molar-refractivity contribution in [2.24, 2.45) is 0 Å². The molecule has 1 N–H and O–H groups in total. The van der Waals surface area contributed by atoms with Gasteiger partial charge in [-0.1, -0.05) is 0 Å². The van der Waals surface area contributed by atoms with Gasteiger partial charge in [0.05, 0.1) is 11.8 Å². The lowest BCUT2D eigenvalue weighted by Crippen LogP contribution is -2.15. The minimum absolute atomic E-state index is 0.0175. The summed E-state index contributed by atoms with van der Waals surface area (Å²) in [5.41, 5.74) is 2.60. The van der Waals surface area contributed by atoms with E-state index in [1.165, 1.54) is 12.3 Å². The molecule has 4 nitrogen and oxygen atoms in total. The maximum absolute atomic E-state index is 13.5. The highest BCUT2D eigenvalue weighted by atomic mass is 19.1. The van der Waals surface area contributed by atoms with Crippen LogP contribution in [0.25, 0.3) is 0 Å². The predicted molar refractivity (Wildman–Crippen MR) is 77.7 cm³/mol. The number of carbonyl (C=O) groups is 1. The second-order valence-corrected chi connectivity index (χ2v) is 4.70. The number of amides is 1. The molecule has 0 aliphatic carbocycles. The quantitative estimate of drug-likeness (QED) is 0.935. The monoisotopic (exact) mass is 273 g/mol. The van der Waals surface area contributed by atoms with Gasteiger partial charge in [0.15, 0.2) is 5.82 Å². The van der Waals surface area contributed by atoms with Crippen LogP contribution in [0.1, 0.15) is 15.9 Å². The molecule has 0 saturated carbocycles. The van der Waals surface area contributed by atoms with E-state index < -0.39 is 11.7 Å². The molecule has 1 amide bonds. The normalized spacial score (nSPS) is 10.2. The number of hydrogen-bond donors (Lipinski definition) is 1. The molecule has 0 radical (unpaired) electrons. The van der Waals surface area contributed by atoms with Crippen molar-refractivity contribution >= 4 is 17.3 Å². The number of benzene rings is 1. The summed E-state index contributed by atoms with van der Waals surface area (Å²) < 4.78 is 13.5. The van der Waals surface area contributed by atoms with Crippen LogP contribution < -0.4 is 10.2 Å². The van der Waals surface area contributed by atoms with Gasteiger partial charge in [-0.05, 0) is 36.8 Å². The van der Waals surface area contributed by atoms with Crippen molar-refractivity contribution in [3.05, 3.63) is 53.6 Å². The number of nitrogens with zero attached hydrogens (tertiary/aromatic N) is 2. The van der Waals surface area contributed by atoms with Crippen LogP contribution in [-0.2, 0) is 0 Å². The smallest absolute Gasteiger partial charge is 0.258 e. The number of aryl methyl sites for hydroxylation is 1. The van der Waals surface area contributed by atoms with Crippen LogP contribution in [0.3, 0.4) is 0 Å². The second kappa shape index (κ2) is 5.69. The van der Waals surface area contributed by atoms with Crippen molar-refractivity contribution in [2.75, 3.05) is 24.3 Å². The fraction of sp³-hybridized carbons (Fsp3) is 0.200. The number of hydrogen-bond acceptors (Lipinski definition) is 3. The highest BCUT2D eigenvalue weighted by molar-refractivity contribution is 6.04. The standard InChI is InChI=1S/C15H16FN3O/c1-10-8-11(19(2)3)4-5-14(10)18-15(20)12-6-7-17-9-13(12)16/h4-9H,1-3H3,(H,18,20). The lowest BCUT2D eigenvalue weighted by atomic mass is 10.1. The molecule has 0 bridgehead atoms. The molecule has 1 heterocycles. The van der Waals surface area contributed by atoms with Gasteiger partial charge in [0.25, 0.3) is 5.91 Å². The minimum Gasteiger partial charge on any atom is -0.378 e. The lowest BCUT2D eigenvalue weighted by Gasteiger charge is -2.15. The van der Waals surface area contributed by atoms with Gasteiger partial charge in [-0.3, -0.25) is 9.78 Å². The van der Waals surface area contributed by atoms with E-state index >= 15 is 0 Å². The zero-order chi connectivity index (χ0) is 14.7. The first-order valence-corrected chi connectivity index (χ1v) is 6.18. The maximum atomic E-state index is 13.5. The highest BCUT2D eigenvalue weighted by Gasteiger charge is 2.12. The number of carbonyl (C=O) groups excluding carboxylic acids is 1. The van der Waals surface area contributed by atoms with Crippen LogP contribution in [-0.4, -0.2) is 25.0 Å². The minimum atomic E-state index is -0.632. The van der Waals surface area contributed by atoms with E-state index in [9.17, 15) is 9.18 Å². The Morgan fingerprint density at radius 2 is 2.05 bits per heavy atom. The zero-order valence-corrected chi connectivity index (χ0v) is 11.6. The van der Waals surface area contributed by atoms with Gasteiger partial charge in [0, 0.05) is 31.7 Å². The van der Waals surface area contributed by atoms with Gasteiger partial charge < -0.3 is 10.2 Å². The van der Waals surface area contributed by atoms with Gasteiger partial charge >= 0.3 is 0 Å². The molecule has 104 valence electrons. The van der Waals surface area contributed by atoms with Crippen molar-refractivity contribution in [1.29, 1.82) is 0 Å². The number of anilines is 2. The van der Waals surface area contributed by atoms with Gasteiger partial charge in [-0.2, -0.15) is 0 Å². The van der Waals surface area contributed by atoms with Gasteiger partial charge in [-0.15, -0.1) is 0 Å². The zero-order valence-electron chi connectivity index (χ0n) is 11.6. The van der Waals surface area contributed by atoms with Gasteiger partial charge in [0.2, 0.25) is 0 Å². The Hall–Kier alpha value is -2.43. The van der Waals surface area contributed by atoms with E-state index in [0.29, 0.717) is 5.69 Å². The summed E-state index contributed by atoms with van der Waals surface area (Å²) in [6.07, 6.45) is 2.41. The number of pyridine rings is 1. The molecule has 1 aromatic carbocycles. The molecule has 20 heavy (non-hydrogen) atoms. The average molecular weight is 273 g/mol. The van der Waals surface area contributed by atoms with E-state index in [4.69, 9.17) is 0 Å². The summed E-state index contributed by atoms with van der Waals surface area (Å²) in [7, 11) is 3.89. The fourth-order valence-corrected chi connectivity index (χ4v) is 1.82. The largest absolute Gasteiger partial charge is 0.378 e. The van der Waals surface area contributed by atoms with Crippen LogP contribution in [0, 0.1) is 12.7 Å². The van der Waals surface area contributed by atoms with Gasteiger partial charge in [0.1, 0.15) is 0 Å². The first-order chi connectivity index (χ1) is 9.49. The van der Waals surface area contributed by atoms with Gasteiger partial charge in [-0.25, -0.2) is 4.39 Å². The third-order valence-electron chi connectivity index (χ3n) is 2.99. The van der Waals surface area contributed by atoms with E-state index in [0.717, 1.165) is 17.4 Å². The second-order valence-electron chi connectivity index (χ2n) is 4.70. The van der Waals surface area contributed by atoms with Crippen LogP contribution in [0.2, 0.25) is 0 Å². The Balaban J connectivity index is 2.22. The van der Waals surface area contributed by atoms with E-state index in [1.807, 2.05) is 44.1 Å². The topological polar surface area (TPSA) is 45.2 Å². The third kappa shape index (κ3) is 2.93. The molecule has 0 fully saturated rings. The van der Waals surface area contributed by atoms with Crippen LogP contribution in [0.15, 0.2) is 36.7 Å². The molecule has 2 rings (SSSR count). The van der Waals surface area contributed by atoms with Crippen molar-refractivity contribution in [3.8, 4) is 0 Å². The molecule has 0 spiro atoms. The Labute approximate surface area is 117 Å². The summed E-state index contributed by atoms with van der Waals surface area (Å²) >= 11 is 0. The number of aromatic nitrogens is 1. The lowest BCUT2D eigenvalue weighted by molar-refractivity contribution is 0.102. The van der Waals surface area contributed by atoms with Crippen LogP contribution in [0.4, 0.5) is 15.8 Å². The molecule has 0 aliphatic rings. The summed E-state index contributed by atoms with van der Waals surface area (Å²) in [6.45, 7) is 1.89. The summed E-state index contributed by atoms with van der Waals surface area (Å²) in [5, 5.41) is 2.71. The molecular weight excluding hydrogens is 257 g/mol. The Kier molecular flexibility index (Phi) is 3.98. The molecule has 0 aliphatic heterocycles. The summed E-state index contributed by atoms with van der Waals surface area (Å²) in [5.74, 6) is -1.11. The third-order valence-corrected chi connectivity index (χ3v) is 2.99. The first kappa shape index (κ1) is 14.0. The number of nitrogens with one attached hydrogen (secondary N) is 1. The number of halogens is 1. The predicted octanol–water partition coefficient (Wildman–Crippen LogP) is 2.85. The van der Waals surface area contributed by atoms with Crippen LogP contribution in [0.5, 0.6) is 0 Å². The maximum Gasteiger partial charge on any atom is 0.258 e. The highest BCUT2D eigenvalue weighted by Crippen LogP contribution is 2.22. The van der Waals surface area contributed by atoms with Crippen molar-refractivity contribution in [3.63, 3.8) is 0 Å². The Morgan fingerprint density at radius 1 is 1.30 bits per heavy atom. The molecule has 1 aromatic heterocycles. The summed E-state index contributed by atoms with van der Waals surface area (Å²) in [4.78, 5) is 17.6. The van der Waals surface area contributed by atoms with Crippen LogP contribution >= 0.6 is 0 Å². The Bertz CT molecular complexity index is 641. The van der Waals surface area contributed by atoms with E-state index in [1.54, 1.807) is 0 Å². The SMILES string of the molecule is Cc1cc(N(C)C)ccc1NC(=O)c1ccncc1F. The molecule has 0 unspecified atom stereocenters. The van der Waals surface area contributed by atoms with E-state index in [2.05, 4.69) is 10.3 Å². The molecule has 5 heteroatoms. The van der Waals surface area contributed by atoms with Crippen molar-refractivity contribution in [1.82, 2.24) is 4.98 Å². The first-order valence-electron chi connectivity index (χ1n) is 6.18. The van der Waals surface area contributed by atoms with E-state index in [-0.39, 0.29) is 5.56 Å². The Morgan fingerprint density at radius 3 is 2.65 bits per heavy atom. The number of rotatable bonds is 3.